The Balaban J connectivity index is 1.61. The predicted molar refractivity (Wildman–Crippen MR) is 77.8 cm³/mol. The van der Waals surface area contributed by atoms with E-state index in [-0.39, 0.29) is 6.10 Å². The zero-order valence-corrected chi connectivity index (χ0v) is 12.2. The number of halogens is 3. The standard InChI is InChI=1S/C16H19F3N2O/c17-16(18,19)13-3-1-2-12(9-13)14-10-21-15(22-14)8-11-4-6-20-7-5-11/h1-3,9,11,14,20H,4-8,10H2. The third-order valence-electron chi connectivity index (χ3n) is 4.22. The van der Waals surface area contributed by atoms with Gasteiger partial charge in [0, 0.05) is 6.42 Å². The van der Waals surface area contributed by atoms with E-state index in [1.54, 1.807) is 6.07 Å². The van der Waals surface area contributed by atoms with Crippen LogP contribution >= 0.6 is 0 Å². The van der Waals surface area contributed by atoms with Gasteiger partial charge in [-0.05, 0) is 49.5 Å². The molecule has 0 radical (unpaired) electrons. The van der Waals surface area contributed by atoms with Crippen LogP contribution in [0.4, 0.5) is 13.2 Å². The molecule has 22 heavy (non-hydrogen) atoms. The first kappa shape index (κ1) is 15.3. The van der Waals surface area contributed by atoms with E-state index in [2.05, 4.69) is 10.3 Å². The van der Waals surface area contributed by atoms with Gasteiger partial charge in [0.05, 0.1) is 12.1 Å². The van der Waals surface area contributed by atoms with Crippen molar-refractivity contribution in [3.05, 3.63) is 35.4 Å². The number of hydrogen-bond acceptors (Lipinski definition) is 3. The summed E-state index contributed by atoms with van der Waals surface area (Å²) in [5.41, 5.74) is -0.0979. The highest BCUT2D eigenvalue weighted by Gasteiger charge is 2.32. The lowest BCUT2D eigenvalue weighted by molar-refractivity contribution is -0.137. The Morgan fingerprint density at radius 1 is 1.23 bits per heavy atom. The van der Waals surface area contributed by atoms with Crippen LogP contribution in [0.25, 0.3) is 0 Å². The highest BCUT2D eigenvalue weighted by molar-refractivity contribution is 5.78. The van der Waals surface area contributed by atoms with Crippen LogP contribution in [-0.4, -0.2) is 25.5 Å². The molecule has 1 atom stereocenters. The molecule has 1 N–H and O–H groups in total. The predicted octanol–water partition coefficient (Wildman–Crippen LogP) is 3.56. The van der Waals surface area contributed by atoms with E-state index in [1.165, 1.54) is 6.07 Å². The van der Waals surface area contributed by atoms with Crippen molar-refractivity contribution in [3.63, 3.8) is 0 Å². The van der Waals surface area contributed by atoms with E-state index in [0.29, 0.717) is 23.9 Å². The first-order valence-electron chi connectivity index (χ1n) is 7.60. The van der Waals surface area contributed by atoms with Crippen LogP contribution in [0.15, 0.2) is 29.3 Å². The number of benzene rings is 1. The fourth-order valence-electron chi connectivity index (χ4n) is 2.96. The first-order valence-corrected chi connectivity index (χ1v) is 7.60. The summed E-state index contributed by atoms with van der Waals surface area (Å²) in [5.74, 6) is 1.24. The van der Waals surface area contributed by atoms with Crippen LogP contribution in [-0.2, 0) is 10.9 Å². The van der Waals surface area contributed by atoms with Crippen LogP contribution in [0, 0.1) is 5.92 Å². The minimum Gasteiger partial charge on any atom is -0.471 e. The van der Waals surface area contributed by atoms with Gasteiger partial charge in [-0.3, -0.25) is 4.99 Å². The van der Waals surface area contributed by atoms with E-state index in [1.807, 2.05) is 0 Å². The van der Waals surface area contributed by atoms with Gasteiger partial charge in [-0.1, -0.05) is 12.1 Å². The minimum absolute atomic E-state index is 0.390. The molecular formula is C16H19F3N2O. The van der Waals surface area contributed by atoms with Crippen molar-refractivity contribution in [3.8, 4) is 0 Å². The van der Waals surface area contributed by atoms with Crippen molar-refractivity contribution >= 4 is 5.90 Å². The summed E-state index contributed by atoms with van der Waals surface area (Å²) < 4.78 is 44.1. The number of piperidine rings is 1. The first-order chi connectivity index (χ1) is 10.5. The van der Waals surface area contributed by atoms with Gasteiger partial charge in [-0.25, -0.2) is 0 Å². The Morgan fingerprint density at radius 3 is 2.73 bits per heavy atom. The van der Waals surface area contributed by atoms with Crippen LogP contribution < -0.4 is 5.32 Å². The molecular weight excluding hydrogens is 293 g/mol. The molecule has 6 heteroatoms. The van der Waals surface area contributed by atoms with Crippen LogP contribution in [0.1, 0.15) is 36.5 Å². The van der Waals surface area contributed by atoms with E-state index in [4.69, 9.17) is 4.74 Å². The molecule has 0 aliphatic carbocycles. The maximum atomic E-state index is 12.8. The molecule has 2 aliphatic heterocycles. The number of alkyl halides is 3. The van der Waals surface area contributed by atoms with Gasteiger partial charge in [0.25, 0.3) is 0 Å². The number of nitrogens with one attached hydrogen (secondary N) is 1. The van der Waals surface area contributed by atoms with E-state index >= 15 is 0 Å². The summed E-state index contributed by atoms with van der Waals surface area (Å²) in [6, 6.07) is 5.33. The van der Waals surface area contributed by atoms with Gasteiger partial charge in [-0.2, -0.15) is 13.2 Å². The number of aliphatic imine (C=N–C) groups is 1. The number of rotatable bonds is 3. The Morgan fingerprint density at radius 2 is 2.00 bits per heavy atom. The summed E-state index contributed by atoms with van der Waals surface area (Å²) in [5, 5.41) is 3.31. The number of hydrogen-bond donors (Lipinski definition) is 1. The molecule has 0 bridgehead atoms. The summed E-state index contributed by atoms with van der Waals surface area (Å²) in [4.78, 5) is 4.37. The molecule has 2 heterocycles. The molecule has 1 aromatic rings. The van der Waals surface area contributed by atoms with Crippen molar-refractivity contribution in [1.82, 2.24) is 5.32 Å². The molecule has 1 aromatic carbocycles. The maximum absolute atomic E-state index is 12.8. The summed E-state index contributed by atoms with van der Waals surface area (Å²) in [7, 11) is 0. The molecule has 120 valence electrons. The van der Waals surface area contributed by atoms with Crippen molar-refractivity contribution in [2.75, 3.05) is 19.6 Å². The molecule has 3 rings (SSSR count). The third kappa shape index (κ3) is 3.61. The van der Waals surface area contributed by atoms with Gasteiger partial charge >= 0.3 is 6.18 Å². The number of nitrogens with zero attached hydrogens (tertiary/aromatic N) is 1. The summed E-state index contributed by atoms with van der Waals surface area (Å²) in [6.07, 6.45) is -1.74. The number of ether oxygens (including phenoxy) is 1. The molecule has 2 aliphatic rings. The SMILES string of the molecule is FC(F)(F)c1cccc(C2CN=C(CC3CCNCC3)O2)c1. The lowest BCUT2D eigenvalue weighted by atomic mass is 9.95. The fourth-order valence-corrected chi connectivity index (χ4v) is 2.96. The molecule has 1 fully saturated rings. The highest BCUT2D eigenvalue weighted by atomic mass is 19.4. The molecule has 0 aromatic heterocycles. The van der Waals surface area contributed by atoms with Gasteiger partial charge in [0.15, 0.2) is 5.90 Å². The van der Waals surface area contributed by atoms with E-state index in [0.717, 1.165) is 44.5 Å². The second-order valence-corrected chi connectivity index (χ2v) is 5.86. The Labute approximate surface area is 127 Å². The second kappa shape index (κ2) is 6.28. The molecule has 3 nitrogen and oxygen atoms in total. The minimum atomic E-state index is -4.33. The van der Waals surface area contributed by atoms with Crippen LogP contribution in [0.2, 0.25) is 0 Å². The monoisotopic (exact) mass is 312 g/mol. The van der Waals surface area contributed by atoms with E-state index < -0.39 is 11.7 Å². The smallest absolute Gasteiger partial charge is 0.416 e. The highest BCUT2D eigenvalue weighted by Crippen LogP contribution is 2.33. The van der Waals surface area contributed by atoms with E-state index in [9.17, 15) is 13.2 Å². The Bertz CT molecular complexity index is 551. The molecule has 0 spiro atoms. The summed E-state index contributed by atoms with van der Waals surface area (Å²) >= 11 is 0. The molecule has 0 amide bonds. The average molecular weight is 312 g/mol. The Kier molecular flexibility index (Phi) is 4.38. The lowest BCUT2D eigenvalue weighted by Crippen LogP contribution is -2.29. The fraction of sp³-hybridized carbons (Fsp3) is 0.562. The largest absolute Gasteiger partial charge is 0.471 e. The van der Waals surface area contributed by atoms with Crippen LogP contribution in [0.3, 0.4) is 0 Å². The van der Waals surface area contributed by atoms with Gasteiger partial charge < -0.3 is 10.1 Å². The molecule has 1 saturated heterocycles. The van der Waals surface area contributed by atoms with Gasteiger partial charge in [-0.15, -0.1) is 0 Å². The quantitative estimate of drug-likeness (QED) is 0.926. The summed E-state index contributed by atoms with van der Waals surface area (Å²) in [6.45, 7) is 2.42. The molecule has 1 unspecified atom stereocenters. The average Bonchev–Trinajstić information content (AvgIpc) is 2.96. The maximum Gasteiger partial charge on any atom is 0.416 e. The molecule has 0 saturated carbocycles. The third-order valence-corrected chi connectivity index (χ3v) is 4.22. The second-order valence-electron chi connectivity index (χ2n) is 5.86. The van der Waals surface area contributed by atoms with Gasteiger partial charge in [0.2, 0.25) is 0 Å². The zero-order chi connectivity index (χ0) is 15.6. The van der Waals surface area contributed by atoms with Crippen molar-refractivity contribution < 1.29 is 17.9 Å². The van der Waals surface area contributed by atoms with Crippen molar-refractivity contribution in [1.29, 1.82) is 0 Å². The van der Waals surface area contributed by atoms with Crippen molar-refractivity contribution in [2.45, 2.75) is 31.5 Å². The van der Waals surface area contributed by atoms with Crippen molar-refractivity contribution in [2.24, 2.45) is 10.9 Å². The zero-order valence-electron chi connectivity index (χ0n) is 12.2. The normalized spacial score (nSPS) is 23.2. The lowest BCUT2D eigenvalue weighted by Gasteiger charge is -2.22. The van der Waals surface area contributed by atoms with Crippen LogP contribution in [0.5, 0.6) is 0 Å². The van der Waals surface area contributed by atoms with Gasteiger partial charge in [0.1, 0.15) is 6.10 Å². The Hall–Kier alpha value is -1.56. The topological polar surface area (TPSA) is 33.6 Å².